The average molecular weight is 316 g/mol. The molecule has 2 aliphatic heterocycles. The molecular formula is C15H20N6O2. The van der Waals surface area contributed by atoms with Crippen LogP contribution in [0, 0.1) is 5.41 Å². The van der Waals surface area contributed by atoms with E-state index in [1.807, 2.05) is 6.07 Å². The number of amides is 3. The van der Waals surface area contributed by atoms with Gasteiger partial charge in [0.05, 0.1) is 5.56 Å². The molecule has 8 nitrogen and oxygen atoms in total. The molecule has 3 heterocycles. The largest absolute Gasteiger partial charge is 0.382 e. The average Bonchev–Trinajstić information content (AvgIpc) is 2.56. The summed E-state index contributed by atoms with van der Waals surface area (Å²) in [6.07, 6.45) is 5.07. The zero-order valence-corrected chi connectivity index (χ0v) is 12.8. The van der Waals surface area contributed by atoms with Gasteiger partial charge in [-0.25, -0.2) is 9.78 Å². The number of pyridine rings is 1. The maximum Gasteiger partial charge on any atom is 0.329 e. The van der Waals surface area contributed by atoms with Gasteiger partial charge in [-0.15, -0.1) is 0 Å². The number of carbonyl (C=O) groups is 2. The number of carbonyl (C=O) groups excluding carboxylic acids is 2. The van der Waals surface area contributed by atoms with Crippen molar-refractivity contribution in [3.8, 4) is 0 Å². The van der Waals surface area contributed by atoms with Crippen LogP contribution in [0.1, 0.15) is 24.8 Å². The van der Waals surface area contributed by atoms with Crippen molar-refractivity contribution in [1.82, 2.24) is 15.6 Å². The van der Waals surface area contributed by atoms with Gasteiger partial charge in [0.2, 0.25) is 5.91 Å². The molecule has 2 saturated heterocycles. The zero-order valence-electron chi connectivity index (χ0n) is 12.8. The van der Waals surface area contributed by atoms with E-state index in [-0.39, 0.29) is 18.9 Å². The summed E-state index contributed by atoms with van der Waals surface area (Å²) in [4.78, 5) is 29.0. The molecule has 0 atom stereocenters. The van der Waals surface area contributed by atoms with E-state index in [1.54, 1.807) is 6.20 Å². The second-order valence-electron chi connectivity index (χ2n) is 5.66. The second kappa shape index (κ2) is 6.74. The third-order valence-corrected chi connectivity index (χ3v) is 4.12. The standard InChI is InChI=1S/C15H20N6O2/c16-9-11-12(19-10-1-5-17-6-2-10)3-7-18-14(11)21-8-4-13(22)20-15(21)23/h3,7,9-10,16-17H,1-2,4-6,8H2,(H,18,19)(H,20,22,23). The van der Waals surface area contributed by atoms with E-state index in [1.165, 1.54) is 11.1 Å². The zero-order chi connectivity index (χ0) is 16.2. The molecule has 2 fully saturated rings. The highest BCUT2D eigenvalue weighted by Crippen LogP contribution is 2.26. The van der Waals surface area contributed by atoms with Gasteiger partial charge in [0, 0.05) is 37.1 Å². The van der Waals surface area contributed by atoms with Crippen LogP contribution < -0.4 is 20.9 Å². The maximum atomic E-state index is 12.0. The number of piperidine rings is 1. The Bertz CT molecular complexity index is 626. The number of urea groups is 1. The van der Waals surface area contributed by atoms with Gasteiger partial charge in [-0.3, -0.25) is 15.0 Å². The molecule has 0 unspecified atom stereocenters. The minimum atomic E-state index is -0.490. The first-order valence-electron chi connectivity index (χ1n) is 7.77. The van der Waals surface area contributed by atoms with Crippen LogP contribution in [-0.2, 0) is 4.79 Å². The summed E-state index contributed by atoms with van der Waals surface area (Å²) in [7, 11) is 0. The Morgan fingerprint density at radius 3 is 2.83 bits per heavy atom. The molecule has 1 aromatic rings. The number of anilines is 2. The van der Waals surface area contributed by atoms with Gasteiger partial charge >= 0.3 is 6.03 Å². The molecule has 23 heavy (non-hydrogen) atoms. The van der Waals surface area contributed by atoms with Crippen LogP contribution in [0.3, 0.4) is 0 Å². The van der Waals surface area contributed by atoms with E-state index < -0.39 is 6.03 Å². The highest BCUT2D eigenvalue weighted by Gasteiger charge is 2.27. The van der Waals surface area contributed by atoms with Gasteiger partial charge in [0.25, 0.3) is 0 Å². The van der Waals surface area contributed by atoms with Crippen molar-refractivity contribution >= 4 is 29.7 Å². The van der Waals surface area contributed by atoms with Gasteiger partial charge in [0.1, 0.15) is 5.82 Å². The summed E-state index contributed by atoms with van der Waals surface area (Å²) in [6.45, 7) is 2.20. The lowest BCUT2D eigenvalue weighted by Crippen LogP contribution is -2.50. The number of hydrogen-bond donors (Lipinski definition) is 4. The summed E-state index contributed by atoms with van der Waals surface area (Å²) in [5.74, 6) is 0.121. The van der Waals surface area contributed by atoms with E-state index >= 15 is 0 Å². The van der Waals surface area contributed by atoms with Crippen LogP contribution in [0.15, 0.2) is 12.3 Å². The van der Waals surface area contributed by atoms with Gasteiger partial charge in [0.15, 0.2) is 0 Å². The van der Waals surface area contributed by atoms with Crippen molar-refractivity contribution in [2.24, 2.45) is 0 Å². The predicted octanol–water partition coefficient (Wildman–Crippen LogP) is 0.689. The number of nitrogens with zero attached hydrogens (tertiary/aromatic N) is 2. The Balaban J connectivity index is 1.86. The fraction of sp³-hybridized carbons (Fsp3) is 0.467. The molecule has 0 saturated carbocycles. The van der Waals surface area contributed by atoms with E-state index in [2.05, 4.69) is 20.9 Å². The van der Waals surface area contributed by atoms with Crippen molar-refractivity contribution in [3.63, 3.8) is 0 Å². The fourth-order valence-electron chi connectivity index (χ4n) is 2.90. The van der Waals surface area contributed by atoms with Crippen LogP contribution in [0.2, 0.25) is 0 Å². The lowest BCUT2D eigenvalue weighted by Gasteiger charge is -2.29. The van der Waals surface area contributed by atoms with Crippen LogP contribution in [-0.4, -0.2) is 48.8 Å². The Morgan fingerprint density at radius 1 is 1.35 bits per heavy atom. The summed E-state index contributed by atoms with van der Waals surface area (Å²) in [5.41, 5.74) is 1.36. The SMILES string of the molecule is N=Cc1c(NC2CCNCC2)ccnc1N1CCC(=O)NC1=O. The third-order valence-electron chi connectivity index (χ3n) is 4.12. The number of nitrogens with one attached hydrogen (secondary N) is 4. The number of imide groups is 1. The maximum absolute atomic E-state index is 12.0. The Kier molecular flexibility index (Phi) is 4.52. The van der Waals surface area contributed by atoms with Crippen molar-refractivity contribution in [2.75, 3.05) is 29.9 Å². The molecule has 1 aromatic heterocycles. The van der Waals surface area contributed by atoms with Crippen molar-refractivity contribution in [3.05, 3.63) is 17.8 Å². The van der Waals surface area contributed by atoms with E-state index in [4.69, 9.17) is 5.41 Å². The molecule has 0 radical (unpaired) electrons. The molecule has 3 rings (SSSR count). The van der Waals surface area contributed by atoms with Crippen LogP contribution in [0.4, 0.5) is 16.3 Å². The van der Waals surface area contributed by atoms with E-state index in [9.17, 15) is 9.59 Å². The van der Waals surface area contributed by atoms with E-state index in [0.717, 1.165) is 31.6 Å². The predicted molar refractivity (Wildman–Crippen MR) is 87.1 cm³/mol. The minimum absolute atomic E-state index is 0.233. The smallest absolute Gasteiger partial charge is 0.329 e. The highest BCUT2D eigenvalue weighted by molar-refractivity contribution is 6.07. The summed E-state index contributed by atoms with van der Waals surface area (Å²) >= 11 is 0. The van der Waals surface area contributed by atoms with Crippen molar-refractivity contribution in [1.29, 1.82) is 5.41 Å². The number of rotatable bonds is 4. The highest BCUT2D eigenvalue weighted by atomic mass is 16.2. The molecule has 2 aliphatic rings. The fourth-order valence-corrected chi connectivity index (χ4v) is 2.90. The molecule has 0 spiro atoms. The van der Waals surface area contributed by atoms with Gasteiger partial charge < -0.3 is 16.0 Å². The Morgan fingerprint density at radius 2 is 2.13 bits per heavy atom. The normalized spacial score (nSPS) is 19.4. The molecule has 0 aromatic carbocycles. The summed E-state index contributed by atoms with van der Waals surface area (Å²) in [6, 6.07) is 1.66. The van der Waals surface area contributed by atoms with Crippen LogP contribution in [0.5, 0.6) is 0 Å². The van der Waals surface area contributed by atoms with Crippen molar-refractivity contribution in [2.45, 2.75) is 25.3 Å². The Hall–Kier alpha value is -2.48. The summed E-state index contributed by atoms with van der Waals surface area (Å²) in [5, 5.41) is 16.8. The topological polar surface area (TPSA) is 110 Å². The molecule has 8 heteroatoms. The third kappa shape index (κ3) is 3.31. The molecular weight excluding hydrogens is 296 g/mol. The molecule has 0 aliphatic carbocycles. The van der Waals surface area contributed by atoms with Gasteiger partial charge in [-0.2, -0.15) is 0 Å². The second-order valence-corrected chi connectivity index (χ2v) is 5.66. The number of hydrogen-bond acceptors (Lipinski definition) is 6. The van der Waals surface area contributed by atoms with Gasteiger partial charge in [-0.1, -0.05) is 0 Å². The Labute approximate surface area is 134 Å². The first-order chi connectivity index (χ1) is 11.2. The lowest BCUT2D eigenvalue weighted by atomic mass is 10.1. The first kappa shape index (κ1) is 15.4. The molecule has 4 N–H and O–H groups in total. The number of aromatic nitrogens is 1. The van der Waals surface area contributed by atoms with Crippen LogP contribution in [0.25, 0.3) is 0 Å². The first-order valence-corrected chi connectivity index (χ1v) is 7.77. The monoisotopic (exact) mass is 316 g/mol. The lowest BCUT2D eigenvalue weighted by molar-refractivity contribution is -0.120. The molecule has 122 valence electrons. The summed E-state index contributed by atoms with van der Waals surface area (Å²) < 4.78 is 0. The van der Waals surface area contributed by atoms with E-state index in [0.29, 0.717) is 17.4 Å². The minimum Gasteiger partial charge on any atom is -0.382 e. The van der Waals surface area contributed by atoms with Crippen LogP contribution >= 0.6 is 0 Å². The van der Waals surface area contributed by atoms with Crippen molar-refractivity contribution < 1.29 is 9.59 Å². The molecule has 3 amide bonds. The molecule has 0 bridgehead atoms. The van der Waals surface area contributed by atoms with Gasteiger partial charge in [-0.05, 0) is 32.0 Å². The quantitative estimate of drug-likeness (QED) is 0.611.